The van der Waals surface area contributed by atoms with Crippen molar-refractivity contribution >= 4 is 11.9 Å². The van der Waals surface area contributed by atoms with E-state index in [1.54, 1.807) is 6.92 Å². The van der Waals surface area contributed by atoms with E-state index in [1.165, 1.54) is 18.6 Å². The highest BCUT2D eigenvalue weighted by Gasteiger charge is 2.25. The number of amides is 1. The molecule has 1 saturated carbocycles. The van der Waals surface area contributed by atoms with Crippen LogP contribution in [-0.4, -0.2) is 45.1 Å². The zero-order chi connectivity index (χ0) is 15.2. The topological polar surface area (TPSA) is 104 Å². The maximum Gasteiger partial charge on any atom is 0.320 e. The van der Waals surface area contributed by atoms with Crippen LogP contribution in [0, 0.1) is 0 Å². The van der Waals surface area contributed by atoms with Crippen LogP contribution in [0.5, 0.6) is 0 Å². The second kappa shape index (κ2) is 7.12. The Morgan fingerprint density at radius 3 is 2.48 bits per heavy atom. The average molecular weight is 292 g/mol. The van der Waals surface area contributed by atoms with Gasteiger partial charge in [-0.05, 0) is 32.6 Å². The third-order valence-corrected chi connectivity index (χ3v) is 3.71. The summed E-state index contributed by atoms with van der Waals surface area (Å²) in [6.07, 6.45) is 7.81. The SMILES string of the molecule is C[C@H](NC1CCC(NC(=O)c2cnccn2)CC1)C(=O)O. The molecule has 0 spiro atoms. The minimum atomic E-state index is -0.840. The van der Waals surface area contributed by atoms with Crippen LogP contribution in [0.3, 0.4) is 0 Å². The van der Waals surface area contributed by atoms with Gasteiger partial charge in [0, 0.05) is 24.5 Å². The van der Waals surface area contributed by atoms with E-state index in [1.807, 2.05) is 0 Å². The van der Waals surface area contributed by atoms with Gasteiger partial charge in [0.2, 0.25) is 0 Å². The van der Waals surface area contributed by atoms with Crippen molar-refractivity contribution in [3.8, 4) is 0 Å². The lowest BCUT2D eigenvalue weighted by atomic mass is 9.90. The van der Waals surface area contributed by atoms with Crippen molar-refractivity contribution in [3.63, 3.8) is 0 Å². The molecule has 7 heteroatoms. The molecule has 1 aliphatic rings. The highest BCUT2D eigenvalue weighted by atomic mass is 16.4. The number of carboxylic acid groups (broad SMARTS) is 1. The lowest BCUT2D eigenvalue weighted by molar-refractivity contribution is -0.139. The molecule has 0 unspecified atom stereocenters. The summed E-state index contributed by atoms with van der Waals surface area (Å²) in [5.74, 6) is -1.05. The number of nitrogens with zero attached hydrogens (tertiary/aromatic N) is 2. The fourth-order valence-corrected chi connectivity index (χ4v) is 2.50. The molecule has 2 rings (SSSR count). The van der Waals surface area contributed by atoms with Crippen molar-refractivity contribution in [1.82, 2.24) is 20.6 Å². The predicted molar refractivity (Wildman–Crippen MR) is 75.8 cm³/mol. The van der Waals surface area contributed by atoms with Crippen molar-refractivity contribution < 1.29 is 14.7 Å². The molecule has 21 heavy (non-hydrogen) atoms. The van der Waals surface area contributed by atoms with Crippen LogP contribution in [0.4, 0.5) is 0 Å². The zero-order valence-corrected chi connectivity index (χ0v) is 12.0. The van der Waals surface area contributed by atoms with E-state index in [4.69, 9.17) is 5.11 Å². The quantitative estimate of drug-likeness (QED) is 0.733. The molecular weight excluding hydrogens is 272 g/mol. The minimum Gasteiger partial charge on any atom is -0.480 e. The number of hydrogen-bond donors (Lipinski definition) is 3. The molecule has 0 aromatic carbocycles. The van der Waals surface area contributed by atoms with E-state index in [0.717, 1.165) is 25.7 Å². The van der Waals surface area contributed by atoms with Crippen LogP contribution in [0.15, 0.2) is 18.6 Å². The summed E-state index contributed by atoms with van der Waals surface area (Å²) in [4.78, 5) is 30.6. The summed E-state index contributed by atoms with van der Waals surface area (Å²) < 4.78 is 0. The number of aliphatic carboxylic acids is 1. The Bertz CT molecular complexity index is 486. The number of carbonyl (C=O) groups excluding carboxylic acids is 1. The lowest BCUT2D eigenvalue weighted by Gasteiger charge is -2.30. The Labute approximate surface area is 123 Å². The van der Waals surface area contributed by atoms with Crippen LogP contribution < -0.4 is 10.6 Å². The molecule has 0 radical (unpaired) electrons. The van der Waals surface area contributed by atoms with Gasteiger partial charge in [0.25, 0.3) is 5.91 Å². The molecular formula is C14H20N4O3. The monoisotopic (exact) mass is 292 g/mol. The van der Waals surface area contributed by atoms with Crippen LogP contribution >= 0.6 is 0 Å². The zero-order valence-electron chi connectivity index (χ0n) is 12.0. The van der Waals surface area contributed by atoms with Crippen molar-refractivity contribution in [2.45, 2.75) is 50.7 Å². The first-order valence-corrected chi connectivity index (χ1v) is 7.12. The van der Waals surface area contributed by atoms with Crippen molar-refractivity contribution in [1.29, 1.82) is 0 Å². The van der Waals surface area contributed by atoms with Crippen LogP contribution in [0.25, 0.3) is 0 Å². The molecule has 1 fully saturated rings. The first-order chi connectivity index (χ1) is 10.1. The molecule has 1 aromatic heterocycles. The fourth-order valence-electron chi connectivity index (χ4n) is 2.50. The second-order valence-electron chi connectivity index (χ2n) is 5.34. The lowest BCUT2D eigenvalue weighted by Crippen LogP contribution is -2.46. The van der Waals surface area contributed by atoms with Gasteiger partial charge in [-0.25, -0.2) is 4.98 Å². The van der Waals surface area contributed by atoms with E-state index in [0.29, 0.717) is 5.69 Å². The second-order valence-corrected chi connectivity index (χ2v) is 5.34. The molecule has 0 aliphatic heterocycles. The molecule has 1 aromatic rings. The molecule has 114 valence electrons. The van der Waals surface area contributed by atoms with Gasteiger partial charge in [-0.1, -0.05) is 0 Å². The molecule has 1 atom stereocenters. The molecule has 0 bridgehead atoms. The molecule has 1 aliphatic carbocycles. The van der Waals surface area contributed by atoms with Gasteiger partial charge in [-0.3, -0.25) is 14.6 Å². The largest absolute Gasteiger partial charge is 0.480 e. The van der Waals surface area contributed by atoms with Crippen LogP contribution in [0.1, 0.15) is 43.1 Å². The van der Waals surface area contributed by atoms with Gasteiger partial charge in [-0.2, -0.15) is 0 Å². The van der Waals surface area contributed by atoms with E-state index in [-0.39, 0.29) is 18.0 Å². The third kappa shape index (κ3) is 4.49. The number of aromatic nitrogens is 2. The summed E-state index contributed by atoms with van der Waals surface area (Å²) in [7, 11) is 0. The smallest absolute Gasteiger partial charge is 0.320 e. The Hall–Kier alpha value is -2.02. The van der Waals surface area contributed by atoms with E-state index in [2.05, 4.69) is 20.6 Å². The summed E-state index contributed by atoms with van der Waals surface area (Å²) >= 11 is 0. The van der Waals surface area contributed by atoms with Gasteiger partial charge in [0.1, 0.15) is 11.7 Å². The molecule has 7 nitrogen and oxygen atoms in total. The van der Waals surface area contributed by atoms with E-state index >= 15 is 0 Å². The Morgan fingerprint density at radius 1 is 1.24 bits per heavy atom. The Morgan fingerprint density at radius 2 is 1.90 bits per heavy atom. The van der Waals surface area contributed by atoms with Crippen molar-refractivity contribution in [2.75, 3.05) is 0 Å². The molecule has 1 heterocycles. The number of hydrogen-bond acceptors (Lipinski definition) is 5. The highest BCUT2D eigenvalue weighted by Crippen LogP contribution is 2.19. The van der Waals surface area contributed by atoms with Crippen LogP contribution in [0.2, 0.25) is 0 Å². The van der Waals surface area contributed by atoms with E-state index in [9.17, 15) is 9.59 Å². The number of carbonyl (C=O) groups is 2. The number of nitrogens with one attached hydrogen (secondary N) is 2. The summed E-state index contributed by atoms with van der Waals surface area (Å²) in [6, 6.07) is -0.237. The maximum absolute atomic E-state index is 12.0. The van der Waals surface area contributed by atoms with Gasteiger partial charge in [-0.15, -0.1) is 0 Å². The third-order valence-electron chi connectivity index (χ3n) is 3.71. The van der Waals surface area contributed by atoms with Crippen LogP contribution in [-0.2, 0) is 4.79 Å². The normalized spacial score (nSPS) is 23.3. The predicted octanol–water partition coefficient (Wildman–Crippen LogP) is 0.580. The standard InChI is InChI=1S/C14H20N4O3/c1-9(14(20)21)17-10-2-4-11(5-3-10)18-13(19)12-8-15-6-7-16-12/h6-11,17H,2-5H2,1H3,(H,18,19)(H,20,21)/t9-,10?,11?/m0/s1. The summed E-state index contributed by atoms with van der Waals surface area (Å²) in [5.41, 5.74) is 0.317. The maximum atomic E-state index is 12.0. The van der Waals surface area contributed by atoms with E-state index < -0.39 is 12.0 Å². The number of carboxylic acids is 1. The first kappa shape index (κ1) is 15.4. The Balaban J connectivity index is 1.77. The number of rotatable bonds is 5. The summed E-state index contributed by atoms with van der Waals surface area (Å²) in [6.45, 7) is 1.64. The molecule has 1 amide bonds. The first-order valence-electron chi connectivity index (χ1n) is 7.12. The summed E-state index contributed by atoms with van der Waals surface area (Å²) in [5, 5.41) is 14.9. The van der Waals surface area contributed by atoms with Gasteiger partial charge in [0.05, 0.1) is 6.20 Å². The molecule has 3 N–H and O–H groups in total. The van der Waals surface area contributed by atoms with Crippen molar-refractivity contribution in [3.05, 3.63) is 24.3 Å². The van der Waals surface area contributed by atoms with Gasteiger partial charge in [0.15, 0.2) is 0 Å². The van der Waals surface area contributed by atoms with Crippen molar-refractivity contribution in [2.24, 2.45) is 0 Å². The fraction of sp³-hybridized carbons (Fsp3) is 0.571. The van der Waals surface area contributed by atoms with Gasteiger partial charge < -0.3 is 15.7 Å². The highest BCUT2D eigenvalue weighted by molar-refractivity contribution is 5.92. The van der Waals surface area contributed by atoms with Gasteiger partial charge >= 0.3 is 5.97 Å². The average Bonchev–Trinajstić information content (AvgIpc) is 2.50. The minimum absolute atomic E-state index is 0.109. The molecule has 0 saturated heterocycles. The Kier molecular flexibility index (Phi) is 5.21.